The third-order valence-electron chi connectivity index (χ3n) is 2.63. The van der Waals surface area contributed by atoms with Gasteiger partial charge in [-0.1, -0.05) is 6.42 Å². The van der Waals surface area contributed by atoms with Crippen LogP contribution in [0.3, 0.4) is 0 Å². The molecule has 7 heteroatoms. The van der Waals surface area contributed by atoms with Crippen LogP contribution in [-0.2, 0) is 33.4 Å². The van der Waals surface area contributed by atoms with Crippen molar-refractivity contribution >= 4 is 23.7 Å². The van der Waals surface area contributed by atoms with E-state index in [9.17, 15) is 19.2 Å². The summed E-state index contributed by atoms with van der Waals surface area (Å²) >= 11 is 0. The lowest BCUT2D eigenvalue weighted by Gasteiger charge is -2.12. The predicted molar refractivity (Wildman–Crippen MR) is 67.6 cm³/mol. The standard InChI is InChI=1S/C13H20O7/c1-4-20-13(17)11(15)9(12(16)19-3)7-5-6-8-10(14)18-2/h9H,4-8H2,1-3H3. The monoisotopic (exact) mass is 288 g/mol. The van der Waals surface area contributed by atoms with E-state index in [1.165, 1.54) is 7.11 Å². The second kappa shape index (κ2) is 9.94. The number of rotatable bonds is 9. The van der Waals surface area contributed by atoms with E-state index in [1.54, 1.807) is 6.92 Å². The molecule has 0 bridgehead atoms. The van der Waals surface area contributed by atoms with Gasteiger partial charge in [0.25, 0.3) is 5.78 Å². The van der Waals surface area contributed by atoms with Gasteiger partial charge in [-0.2, -0.15) is 0 Å². The molecule has 114 valence electrons. The van der Waals surface area contributed by atoms with Gasteiger partial charge in [-0.05, 0) is 19.8 Å². The van der Waals surface area contributed by atoms with Crippen LogP contribution in [0.25, 0.3) is 0 Å². The fourth-order valence-electron chi connectivity index (χ4n) is 1.56. The minimum atomic E-state index is -1.18. The summed E-state index contributed by atoms with van der Waals surface area (Å²) in [7, 11) is 2.42. The molecule has 0 fully saturated rings. The third-order valence-corrected chi connectivity index (χ3v) is 2.63. The summed E-state index contributed by atoms with van der Waals surface area (Å²) in [5, 5.41) is 0. The molecule has 0 saturated heterocycles. The summed E-state index contributed by atoms with van der Waals surface area (Å²) < 4.78 is 13.5. The Hall–Kier alpha value is -1.92. The number of carbonyl (C=O) groups excluding carboxylic acids is 4. The molecule has 0 spiro atoms. The van der Waals surface area contributed by atoms with Crippen LogP contribution in [0, 0.1) is 5.92 Å². The summed E-state index contributed by atoms with van der Waals surface area (Å²) in [5.41, 5.74) is 0. The number of ether oxygens (including phenoxy) is 3. The van der Waals surface area contributed by atoms with Gasteiger partial charge in [0, 0.05) is 6.42 Å². The Labute approximate surface area is 117 Å². The van der Waals surface area contributed by atoms with E-state index in [0.717, 1.165) is 7.11 Å². The van der Waals surface area contributed by atoms with Gasteiger partial charge in [-0.3, -0.25) is 14.4 Å². The van der Waals surface area contributed by atoms with E-state index >= 15 is 0 Å². The molecule has 20 heavy (non-hydrogen) atoms. The van der Waals surface area contributed by atoms with E-state index in [2.05, 4.69) is 14.2 Å². The largest absolute Gasteiger partial charge is 0.469 e. The van der Waals surface area contributed by atoms with Crippen LogP contribution in [0.4, 0.5) is 0 Å². The molecule has 0 aromatic carbocycles. The van der Waals surface area contributed by atoms with Crippen molar-refractivity contribution in [3.05, 3.63) is 0 Å². The number of methoxy groups -OCH3 is 2. The van der Waals surface area contributed by atoms with Crippen molar-refractivity contribution in [2.75, 3.05) is 20.8 Å². The van der Waals surface area contributed by atoms with Crippen molar-refractivity contribution in [3.8, 4) is 0 Å². The Kier molecular flexibility index (Phi) is 8.98. The Morgan fingerprint density at radius 1 is 1.00 bits per heavy atom. The first-order chi connectivity index (χ1) is 9.47. The average molecular weight is 288 g/mol. The highest BCUT2D eigenvalue weighted by Gasteiger charge is 2.33. The summed E-state index contributed by atoms with van der Waals surface area (Å²) in [4.78, 5) is 45.5. The zero-order valence-corrected chi connectivity index (χ0v) is 12.0. The fraction of sp³-hybridized carbons (Fsp3) is 0.692. The molecule has 0 saturated carbocycles. The lowest BCUT2D eigenvalue weighted by molar-refractivity contribution is -0.161. The van der Waals surface area contributed by atoms with Crippen molar-refractivity contribution in [3.63, 3.8) is 0 Å². The van der Waals surface area contributed by atoms with Crippen LogP contribution in [0.5, 0.6) is 0 Å². The molecule has 0 amide bonds. The molecule has 0 radical (unpaired) electrons. The van der Waals surface area contributed by atoms with E-state index in [1.807, 2.05) is 0 Å². The van der Waals surface area contributed by atoms with Gasteiger partial charge >= 0.3 is 17.9 Å². The van der Waals surface area contributed by atoms with Gasteiger partial charge in [-0.25, -0.2) is 4.79 Å². The molecule has 0 aliphatic carbocycles. The summed E-state index contributed by atoms with van der Waals surface area (Å²) in [6.07, 6.45) is 1.19. The second-order valence-electron chi connectivity index (χ2n) is 3.98. The molecule has 0 N–H and O–H groups in total. The van der Waals surface area contributed by atoms with Gasteiger partial charge in [0.2, 0.25) is 0 Å². The normalized spacial score (nSPS) is 11.3. The summed E-state index contributed by atoms with van der Waals surface area (Å²) in [6, 6.07) is 0. The number of esters is 3. The molecular formula is C13H20O7. The third kappa shape index (κ3) is 6.31. The van der Waals surface area contributed by atoms with E-state index in [4.69, 9.17) is 0 Å². The number of ketones is 1. The SMILES string of the molecule is CCOC(=O)C(=O)C(CCCCC(=O)OC)C(=O)OC. The number of unbranched alkanes of at least 4 members (excludes halogenated alkanes) is 1. The van der Waals surface area contributed by atoms with E-state index < -0.39 is 23.6 Å². The molecule has 1 unspecified atom stereocenters. The van der Waals surface area contributed by atoms with Crippen LogP contribution >= 0.6 is 0 Å². The molecule has 0 aliphatic heterocycles. The lowest BCUT2D eigenvalue weighted by Crippen LogP contribution is -2.32. The molecule has 0 aliphatic rings. The van der Waals surface area contributed by atoms with Crippen LogP contribution in [-0.4, -0.2) is 44.5 Å². The van der Waals surface area contributed by atoms with Crippen molar-refractivity contribution < 1.29 is 33.4 Å². The maximum Gasteiger partial charge on any atom is 0.375 e. The predicted octanol–water partition coefficient (Wildman–Crippen LogP) is 0.641. The van der Waals surface area contributed by atoms with Crippen LogP contribution in [0.15, 0.2) is 0 Å². The Morgan fingerprint density at radius 3 is 2.15 bits per heavy atom. The molecule has 7 nitrogen and oxygen atoms in total. The maximum absolute atomic E-state index is 11.8. The maximum atomic E-state index is 11.8. The lowest BCUT2D eigenvalue weighted by atomic mass is 9.96. The number of carbonyl (C=O) groups is 4. The fourth-order valence-corrected chi connectivity index (χ4v) is 1.56. The highest BCUT2D eigenvalue weighted by molar-refractivity contribution is 6.37. The Balaban J connectivity index is 4.43. The minimum absolute atomic E-state index is 0.0564. The van der Waals surface area contributed by atoms with Crippen molar-refractivity contribution in [1.29, 1.82) is 0 Å². The van der Waals surface area contributed by atoms with Gasteiger partial charge in [0.1, 0.15) is 5.92 Å². The quantitative estimate of drug-likeness (QED) is 0.202. The van der Waals surface area contributed by atoms with Crippen LogP contribution < -0.4 is 0 Å². The topological polar surface area (TPSA) is 96.0 Å². The number of Topliss-reactive ketones (excluding diaryl/α,β-unsaturated/α-hetero) is 1. The Morgan fingerprint density at radius 2 is 1.65 bits per heavy atom. The number of hydrogen-bond donors (Lipinski definition) is 0. The zero-order valence-electron chi connectivity index (χ0n) is 12.0. The van der Waals surface area contributed by atoms with Crippen molar-refractivity contribution in [2.24, 2.45) is 5.92 Å². The second-order valence-corrected chi connectivity index (χ2v) is 3.98. The smallest absolute Gasteiger partial charge is 0.375 e. The van der Waals surface area contributed by atoms with Gasteiger partial charge in [-0.15, -0.1) is 0 Å². The highest BCUT2D eigenvalue weighted by Crippen LogP contribution is 2.14. The zero-order chi connectivity index (χ0) is 15.5. The molecule has 0 heterocycles. The van der Waals surface area contributed by atoms with Crippen molar-refractivity contribution in [2.45, 2.75) is 32.6 Å². The first-order valence-electron chi connectivity index (χ1n) is 6.33. The minimum Gasteiger partial charge on any atom is -0.469 e. The van der Waals surface area contributed by atoms with Crippen molar-refractivity contribution in [1.82, 2.24) is 0 Å². The summed E-state index contributed by atoms with van der Waals surface area (Å²) in [6.45, 7) is 1.62. The van der Waals surface area contributed by atoms with E-state index in [-0.39, 0.29) is 25.4 Å². The summed E-state index contributed by atoms with van der Waals surface area (Å²) in [5.74, 6) is -4.29. The van der Waals surface area contributed by atoms with Gasteiger partial charge in [0.15, 0.2) is 0 Å². The molecule has 0 aromatic heterocycles. The molecule has 0 aromatic rings. The van der Waals surface area contributed by atoms with Gasteiger partial charge < -0.3 is 14.2 Å². The van der Waals surface area contributed by atoms with Crippen LogP contribution in [0.1, 0.15) is 32.6 Å². The molecule has 0 rings (SSSR count). The first kappa shape index (κ1) is 18.1. The Bertz CT molecular complexity index is 362. The van der Waals surface area contributed by atoms with E-state index in [0.29, 0.717) is 12.8 Å². The first-order valence-corrected chi connectivity index (χ1v) is 6.33. The molecular weight excluding hydrogens is 268 g/mol. The average Bonchev–Trinajstić information content (AvgIpc) is 2.45. The number of hydrogen-bond acceptors (Lipinski definition) is 7. The molecule has 1 atom stereocenters. The highest BCUT2D eigenvalue weighted by atomic mass is 16.5. The van der Waals surface area contributed by atoms with Crippen LogP contribution in [0.2, 0.25) is 0 Å². The van der Waals surface area contributed by atoms with Gasteiger partial charge in [0.05, 0.1) is 20.8 Å².